The van der Waals surface area contributed by atoms with E-state index in [2.05, 4.69) is 17.2 Å². The number of aliphatic hydroxyl groups is 1. The van der Waals surface area contributed by atoms with Crippen LogP contribution in [0.2, 0.25) is 0 Å². The predicted molar refractivity (Wildman–Crippen MR) is 68.4 cm³/mol. The van der Waals surface area contributed by atoms with E-state index in [1.807, 2.05) is 0 Å². The van der Waals surface area contributed by atoms with Crippen molar-refractivity contribution >= 4 is 17.2 Å². The van der Waals surface area contributed by atoms with Gasteiger partial charge in [0.05, 0.1) is 16.4 Å². The highest BCUT2D eigenvalue weighted by atomic mass is 32.1. The number of thiophene rings is 1. The Hall–Kier alpha value is -1.52. The largest absolute Gasteiger partial charge is 0.411 e. The van der Waals surface area contributed by atoms with E-state index in [1.165, 1.54) is 6.07 Å². The summed E-state index contributed by atoms with van der Waals surface area (Å²) in [5.74, 6) is 4.70. The lowest BCUT2D eigenvalue weighted by Crippen LogP contribution is -2.47. The second-order valence-corrected chi connectivity index (χ2v) is 5.56. The van der Waals surface area contributed by atoms with Gasteiger partial charge in [0.1, 0.15) is 5.54 Å². The Kier molecular flexibility index (Phi) is 4.06. The van der Waals surface area contributed by atoms with Gasteiger partial charge in [-0.05, 0) is 25.0 Å². The number of aliphatic hydroxyl groups excluding tert-OH is 1. The molecule has 2 N–H and O–H groups in total. The Morgan fingerprint density at radius 3 is 2.70 bits per heavy atom. The van der Waals surface area contributed by atoms with Gasteiger partial charge in [-0.2, -0.15) is 13.2 Å². The Morgan fingerprint density at radius 1 is 1.45 bits per heavy atom. The summed E-state index contributed by atoms with van der Waals surface area (Å²) in [7, 11) is 0. The van der Waals surface area contributed by atoms with Crippen LogP contribution in [-0.4, -0.2) is 29.3 Å². The van der Waals surface area contributed by atoms with Crippen molar-refractivity contribution in [2.45, 2.75) is 31.0 Å². The molecule has 1 fully saturated rings. The van der Waals surface area contributed by atoms with Crippen molar-refractivity contribution in [2.75, 3.05) is 6.61 Å². The number of hydrogen-bond donors (Lipinski definition) is 2. The number of carbonyl (C=O) groups is 1. The zero-order chi connectivity index (χ0) is 14.8. The molecule has 0 aliphatic heterocycles. The average Bonchev–Trinajstić information content (AvgIpc) is 3.00. The predicted octanol–water partition coefficient (Wildman–Crippen LogP) is 2.31. The molecule has 0 aromatic carbocycles. The lowest BCUT2D eigenvalue weighted by molar-refractivity contribution is -0.163. The third kappa shape index (κ3) is 3.14. The molecule has 0 atom stereocenters. The van der Waals surface area contributed by atoms with Crippen molar-refractivity contribution in [1.82, 2.24) is 5.32 Å². The minimum atomic E-state index is -4.41. The first kappa shape index (κ1) is 14.9. The second-order valence-electron chi connectivity index (χ2n) is 4.47. The van der Waals surface area contributed by atoms with Crippen molar-refractivity contribution < 1.29 is 23.1 Å². The van der Waals surface area contributed by atoms with Gasteiger partial charge in [-0.25, -0.2) is 0 Å². The van der Waals surface area contributed by atoms with Gasteiger partial charge in [-0.15, -0.1) is 11.3 Å². The fourth-order valence-corrected chi connectivity index (χ4v) is 2.39. The third-order valence-corrected chi connectivity index (χ3v) is 3.92. The van der Waals surface area contributed by atoms with Gasteiger partial charge in [0.15, 0.2) is 0 Å². The van der Waals surface area contributed by atoms with E-state index in [4.69, 9.17) is 5.11 Å². The minimum Gasteiger partial charge on any atom is -0.395 e. The average molecular weight is 303 g/mol. The molecular formula is C13H12F3NO2S. The molecule has 1 saturated carbocycles. The van der Waals surface area contributed by atoms with E-state index in [0.717, 1.165) is 11.3 Å². The molecule has 1 amide bonds. The van der Waals surface area contributed by atoms with Crippen LogP contribution < -0.4 is 5.32 Å². The number of halogens is 3. The fourth-order valence-electron chi connectivity index (χ4n) is 1.62. The molecule has 0 saturated heterocycles. The first-order chi connectivity index (χ1) is 9.38. The number of nitrogens with one attached hydrogen (secondary N) is 1. The molecule has 1 aliphatic rings. The summed E-state index contributed by atoms with van der Waals surface area (Å²) in [6.07, 6.45) is -4.24. The maximum atomic E-state index is 12.7. The normalized spacial score (nSPS) is 16.2. The van der Waals surface area contributed by atoms with Crippen LogP contribution in [0.1, 0.15) is 33.8 Å². The highest BCUT2D eigenvalue weighted by Gasteiger charge is 2.64. The van der Waals surface area contributed by atoms with E-state index >= 15 is 0 Å². The molecule has 0 bridgehead atoms. The van der Waals surface area contributed by atoms with Gasteiger partial charge in [0, 0.05) is 6.42 Å². The first-order valence-corrected chi connectivity index (χ1v) is 6.78. The lowest BCUT2D eigenvalue weighted by atomic mass is 10.2. The van der Waals surface area contributed by atoms with Crippen LogP contribution in [-0.2, 0) is 0 Å². The standard InChI is InChI=1S/C13H12F3NO2S/c14-13(15,16)12(6-7-12)17-11(19)10-5-4-9(20-10)3-1-2-8-18/h4-5,18H,2,6-8H2,(H,17,19). The Balaban J connectivity index is 2.03. The Morgan fingerprint density at radius 2 is 2.15 bits per heavy atom. The Bertz CT molecular complexity index is 564. The maximum absolute atomic E-state index is 12.7. The molecule has 1 aliphatic carbocycles. The molecule has 0 radical (unpaired) electrons. The van der Waals surface area contributed by atoms with Crippen molar-refractivity contribution in [3.05, 3.63) is 21.9 Å². The molecular weight excluding hydrogens is 291 g/mol. The number of hydrogen-bond acceptors (Lipinski definition) is 3. The molecule has 2 rings (SSSR count). The summed E-state index contributed by atoms with van der Waals surface area (Å²) in [6.45, 7) is -0.0557. The molecule has 7 heteroatoms. The highest BCUT2D eigenvalue weighted by molar-refractivity contribution is 7.14. The summed E-state index contributed by atoms with van der Waals surface area (Å²) in [5.41, 5.74) is -2.04. The van der Waals surface area contributed by atoms with Crippen molar-refractivity contribution in [3.63, 3.8) is 0 Å². The van der Waals surface area contributed by atoms with E-state index in [9.17, 15) is 18.0 Å². The van der Waals surface area contributed by atoms with E-state index < -0.39 is 17.6 Å². The smallest absolute Gasteiger partial charge is 0.395 e. The van der Waals surface area contributed by atoms with Crippen LogP contribution in [0.3, 0.4) is 0 Å². The van der Waals surface area contributed by atoms with Crippen LogP contribution in [0.5, 0.6) is 0 Å². The third-order valence-electron chi connectivity index (χ3n) is 2.92. The van der Waals surface area contributed by atoms with Crippen molar-refractivity contribution in [2.24, 2.45) is 0 Å². The summed E-state index contributed by atoms with van der Waals surface area (Å²) in [4.78, 5) is 12.6. The van der Waals surface area contributed by atoms with E-state index in [-0.39, 0.29) is 24.3 Å². The highest BCUT2D eigenvalue weighted by Crippen LogP contribution is 2.49. The van der Waals surface area contributed by atoms with Crippen molar-refractivity contribution in [1.29, 1.82) is 0 Å². The zero-order valence-electron chi connectivity index (χ0n) is 10.4. The maximum Gasteiger partial charge on any atom is 0.411 e. The Labute approximate surface area is 117 Å². The van der Waals surface area contributed by atoms with Crippen molar-refractivity contribution in [3.8, 4) is 11.8 Å². The summed E-state index contributed by atoms with van der Waals surface area (Å²) in [5, 5.41) is 10.6. The van der Waals surface area contributed by atoms with Gasteiger partial charge in [-0.3, -0.25) is 4.79 Å². The molecule has 0 spiro atoms. The monoisotopic (exact) mass is 303 g/mol. The number of carbonyl (C=O) groups excluding carboxylic acids is 1. The molecule has 1 aromatic heterocycles. The summed E-state index contributed by atoms with van der Waals surface area (Å²) in [6, 6.07) is 3.03. The van der Waals surface area contributed by atoms with Crippen LogP contribution in [0.4, 0.5) is 13.2 Å². The van der Waals surface area contributed by atoms with E-state index in [1.54, 1.807) is 6.07 Å². The molecule has 108 valence electrons. The summed E-state index contributed by atoms with van der Waals surface area (Å²) < 4.78 is 38.2. The van der Waals surface area contributed by atoms with Gasteiger partial charge in [0.2, 0.25) is 0 Å². The number of alkyl halides is 3. The van der Waals surface area contributed by atoms with Crippen LogP contribution in [0, 0.1) is 11.8 Å². The minimum absolute atomic E-state index is 0.0557. The molecule has 3 nitrogen and oxygen atoms in total. The molecule has 1 aromatic rings. The molecule has 20 heavy (non-hydrogen) atoms. The number of rotatable bonds is 3. The van der Waals surface area contributed by atoms with E-state index in [0.29, 0.717) is 11.3 Å². The van der Waals surface area contributed by atoms with Gasteiger partial charge in [0.25, 0.3) is 5.91 Å². The molecule has 1 heterocycles. The van der Waals surface area contributed by atoms with Gasteiger partial charge >= 0.3 is 6.18 Å². The molecule has 0 unspecified atom stereocenters. The fraction of sp³-hybridized carbons (Fsp3) is 0.462. The van der Waals surface area contributed by atoms with Crippen LogP contribution in [0.15, 0.2) is 12.1 Å². The van der Waals surface area contributed by atoms with Crippen LogP contribution >= 0.6 is 11.3 Å². The second kappa shape index (κ2) is 5.46. The quantitative estimate of drug-likeness (QED) is 0.842. The SMILES string of the molecule is O=C(NC1(C(F)(F)F)CC1)c1ccc(C#CCCO)s1. The topological polar surface area (TPSA) is 49.3 Å². The van der Waals surface area contributed by atoms with Crippen LogP contribution in [0.25, 0.3) is 0 Å². The van der Waals surface area contributed by atoms with Gasteiger partial charge in [-0.1, -0.05) is 11.8 Å². The zero-order valence-corrected chi connectivity index (χ0v) is 11.2. The first-order valence-electron chi connectivity index (χ1n) is 5.97. The van der Waals surface area contributed by atoms with Gasteiger partial charge < -0.3 is 10.4 Å². The lowest BCUT2D eigenvalue weighted by Gasteiger charge is -2.20. The number of amides is 1. The summed E-state index contributed by atoms with van der Waals surface area (Å²) >= 11 is 1.04.